The van der Waals surface area contributed by atoms with E-state index in [2.05, 4.69) is 22.4 Å². The fourth-order valence-corrected chi connectivity index (χ4v) is 4.37. The topological polar surface area (TPSA) is 53.4 Å². The molecule has 4 heterocycles. The zero-order valence-electron chi connectivity index (χ0n) is 14.4. The predicted molar refractivity (Wildman–Crippen MR) is 95.7 cm³/mol. The second-order valence-corrected chi connectivity index (χ2v) is 7.27. The number of carbonyl (C=O) groups excluding carboxylic acids is 1. The van der Waals surface area contributed by atoms with Crippen LogP contribution in [0.4, 0.5) is 0 Å². The van der Waals surface area contributed by atoms with Gasteiger partial charge in [0.1, 0.15) is 5.69 Å². The van der Waals surface area contributed by atoms with Gasteiger partial charge in [0.15, 0.2) is 0 Å². The molecule has 3 aliphatic rings. The van der Waals surface area contributed by atoms with Crippen LogP contribution >= 0.6 is 12.4 Å². The van der Waals surface area contributed by atoms with E-state index in [-0.39, 0.29) is 18.3 Å². The van der Waals surface area contributed by atoms with Gasteiger partial charge in [-0.3, -0.25) is 14.4 Å². The van der Waals surface area contributed by atoms with Gasteiger partial charge in [0.25, 0.3) is 5.91 Å². The van der Waals surface area contributed by atoms with Crippen LogP contribution in [0.3, 0.4) is 0 Å². The standard InChI is InChI=1S/C17H27N5O.ClH/c1-20-13-4-5-15(20)12-21(9-6-13)17(23)16-7-10-22(19-16)14-3-2-8-18-11-14;/h7,10,13-15,18H,2-6,8-9,11-12H2,1H3;1H. The molecule has 1 amide bonds. The van der Waals surface area contributed by atoms with E-state index < -0.39 is 0 Å². The molecular weight excluding hydrogens is 326 g/mol. The smallest absolute Gasteiger partial charge is 0.274 e. The number of likely N-dealkylation sites (N-methyl/N-ethyl adjacent to an activating group) is 1. The van der Waals surface area contributed by atoms with Gasteiger partial charge in [-0.05, 0) is 51.8 Å². The number of fused-ring (bicyclic) bond motifs is 2. The lowest BCUT2D eigenvalue weighted by atomic mass is 10.1. The Morgan fingerprint density at radius 3 is 2.83 bits per heavy atom. The minimum atomic E-state index is 0. The SMILES string of the molecule is CN1C2CCC1CN(C(=O)c1ccn(C3CCCNC3)n1)CC2.Cl. The van der Waals surface area contributed by atoms with Crippen molar-refractivity contribution in [3.05, 3.63) is 18.0 Å². The van der Waals surface area contributed by atoms with Gasteiger partial charge in [-0.15, -0.1) is 12.4 Å². The van der Waals surface area contributed by atoms with E-state index in [1.54, 1.807) is 0 Å². The van der Waals surface area contributed by atoms with Crippen LogP contribution in [0.1, 0.15) is 48.6 Å². The first kappa shape index (κ1) is 17.7. The van der Waals surface area contributed by atoms with Gasteiger partial charge >= 0.3 is 0 Å². The Morgan fingerprint density at radius 1 is 1.21 bits per heavy atom. The van der Waals surface area contributed by atoms with Gasteiger partial charge in [0.2, 0.25) is 0 Å². The van der Waals surface area contributed by atoms with Crippen molar-refractivity contribution in [2.24, 2.45) is 0 Å². The monoisotopic (exact) mass is 353 g/mol. The normalized spacial score (nSPS) is 30.7. The third-order valence-corrected chi connectivity index (χ3v) is 5.91. The van der Waals surface area contributed by atoms with Gasteiger partial charge in [-0.25, -0.2) is 0 Å². The van der Waals surface area contributed by atoms with Gasteiger partial charge in [0, 0.05) is 37.9 Å². The summed E-state index contributed by atoms with van der Waals surface area (Å²) in [4.78, 5) is 17.3. The lowest BCUT2D eigenvalue weighted by molar-refractivity contribution is 0.0733. The maximum absolute atomic E-state index is 12.8. The number of likely N-dealkylation sites (tertiary alicyclic amines) is 1. The average molecular weight is 354 g/mol. The highest BCUT2D eigenvalue weighted by atomic mass is 35.5. The number of nitrogens with one attached hydrogen (secondary N) is 1. The Hall–Kier alpha value is -1.11. The van der Waals surface area contributed by atoms with E-state index in [4.69, 9.17) is 0 Å². The molecule has 0 radical (unpaired) electrons. The van der Waals surface area contributed by atoms with Crippen LogP contribution in [-0.2, 0) is 0 Å². The van der Waals surface area contributed by atoms with Crippen molar-refractivity contribution in [2.75, 3.05) is 33.2 Å². The van der Waals surface area contributed by atoms with Crippen molar-refractivity contribution in [3.8, 4) is 0 Å². The maximum atomic E-state index is 12.8. The number of halogens is 1. The molecule has 0 spiro atoms. The third-order valence-electron chi connectivity index (χ3n) is 5.91. The second-order valence-electron chi connectivity index (χ2n) is 7.27. The lowest BCUT2D eigenvalue weighted by Crippen LogP contribution is -2.40. The average Bonchev–Trinajstić information content (AvgIpc) is 3.13. The number of piperidine rings is 1. The molecule has 134 valence electrons. The molecule has 7 heteroatoms. The second kappa shape index (κ2) is 7.42. The molecule has 2 bridgehead atoms. The molecule has 1 N–H and O–H groups in total. The zero-order valence-corrected chi connectivity index (χ0v) is 15.2. The van der Waals surface area contributed by atoms with Crippen LogP contribution in [0.25, 0.3) is 0 Å². The van der Waals surface area contributed by atoms with Crippen molar-refractivity contribution in [2.45, 2.75) is 50.2 Å². The molecule has 3 aliphatic heterocycles. The largest absolute Gasteiger partial charge is 0.336 e. The minimum Gasteiger partial charge on any atom is -0.336 e. The summed E-state index contributed by atoms with van der Waals surface area (Å²) in [5.74, 6) is 0.105. The van der Waals surface area contributed by atoms with Crippen molar-refractivity contribution < 1.29 is 4.79 Å². The molecule has 0 aliphatic carbocycles. The number of nitrogens with zero attached hydrogens (tertiary/aromatic N) is 4. The third kappa shape index (κ3) is 3.32. The molecule has 3 unspecified atom stereocenters. The van der Waals surface area contributed by atoms with Crippen molar-refractivity contribution in [3.63, 3.8) is 0 Å². The number of amides is 1. The molecule has 24 heavy (non-hydrogen) atoms. The fourth-order valence-electron chi connectivity index (χ4n) is 4.37. The Kier molecular flexibility index (Phi) is 5.47. The highest BCUT2D eigenvalue weighted by Crippen LogP contribution is 2.29. The van der Waals surface area contributed by atoms with Crippen molar-refractivity contribution in [1.82, 2.24) is 24.9 Å². The molecule has 1 aromatic heterocycles. The molecule has 3 fully saturated rings. The van der Waals surface area contributed by atoms with E-state index >= 15 is 0 Å². The molecule has 3 saturated heterocycles. The summed E-state index contributed by atoms with van der Waals surface area (Å²) in [5, 5.41) is 8.00. The number of carbonyl (C=O) groups is 1. The highest BCUT2D eigenvalue weighted by molar-refractivity contribution is 5.92. The number of hydrogen-bond donors (Lipinski definition) is 1. The van der Waals surface area contributed by atoms with Gasteiger partial charge in [0.05, 0.1) is 6.04 Å². The molecule has 3 atom stereocenters. The molecule has 6 nitrogen and oxygen atoms in total. The Labute approximate surface area is 150 Å². The summed E-state index contributed by atoms with van der Waals surface area (Å²) < 4.78 is 1.98. The van der Waals surface area contributed by atoms with E-state index in [0.717, 1.165) is 39.0 Å². The van der Waals surface area contributed by atoms with Crippen LogP contribution < -0.4 is 5.32 Å². The Bertz CT molecular complexity index is 571. The van der Waals surface area contributed by atoms with E-state index in [0.29, 0.717) is 23.8 Å². The van der Waals surface area contributed by atoms with Crippen molar-refractivity contribution >= 4 is 18.3 Å². The zero-order chi connectivity index (χ0) is 15.8. The first-order valence-corrected chi connectivity index (χ1v) is 8.99. The minimum absolute atomic E-state index is 0. The van der Waals surface area contributed by atoms with E-state index in [1.807, 2.05) is 21.8 Å². The Balaban J connectivity index is 0.00000169. The summed E-state index contributed by atoms with van der Waals surface area (Å²) in [6.45, 7) is 3.76. The first-order chi connectivity index (χ1) is 11.2. The Morgan fingerprint density at radius 2 is 2.04 bits per heavy atom. The maximum Gasteiger partial charge on any atom is 0.274 e. The molecular formula is C17H28ClN5O. The summed E-state index contributed by atoms with van der Waals surface area (Å²) in [6.07, 6.45) is 7.88. The van der Waals surface area contributed by atoms with Crippen LogP contribution in [0.2, 0.25) is 0 Å². The molecule has 0 saturated carbocycles. The summed E-state index contributed by atoms with van der Waals surface area (Å²) in [5.41, 5.74) is 0.607. The predicted octanol–water partition coefficient (Wildman–Crippen LogP) is 1.54. The molecule has 1 aromatic rings. The van der Waals surface area contributed by atoms with Gasteiger partial charge < -0.3 is 10.2 Å². The fraction of sp³-hybridized carbons (Fsp3) is 0.765. The first-order valence-electron chi connectivity index (χ1n) is 8.99. The van der Waals surface area contributed by atoms with E-state index in [9.17, 15) is 4.79 Å². The van der Waals surface area contributed by atoms with Crippen LogP contribution in [0, 0.1) is 0 Å². The summed E-state index contributed by atoms with van der Waals surface area (Å²) >= 11 is 0. The summed E-state index contributed by atoms with van der Waals surface area (Å²) in [6, 6.07) is 3.46. The number of hydrogen-bond acceptors (Lipinski definition) is 4. The van der Waals surface area contributed by atoms with Gasteiger partial charge in [-0.2, -0.15) is 5.10 Å². The van der Waals surface area contributed by atoms with Gasteiger partial charge in [-0.1, -0.05) is 0 Å². The van der Waals surface area contributed by atoms with Crippen LogP contribution in [-0.4, -0.2) is 70.8 Å². The van der Waals surface area contributed by atoms with E-state index in [1.165, 1.54) is 19.3 Å². The molecule has 0 aromatic carbocycles. The number of rotatable bonds is 2. The number of aromatic nitrogens is 2. The van der Waals surface area contributed by atoms with Crippen LogP contribution in [0.5, 0.6) is 0 Å². The molecule has 4 rings (SSSR count). The summed E-state index contributed by atoms with van der Waals surface area (Å²) in [7, 11) is 2.21. The highest BCUT2D eigenvalue weighted by Gasteiger charge is 2.36. The van der Waals surface area contributed by atoms with Crippen LogP contribution in [0.15, 0.2) is 12.3 Å². The van der Waals surface area contributed by atoms with Crippen molar-refractivity contribution in [1.29, 1.82) is 0 Å². The lowest BCUT2D eigenvalue weighted by Gasteiger charge is -2.25. The quantitative estimate of drug-likeness (QED) is 0.876.